The Labute approximate surface area is 105 Å². The van der Waals surface area contributed by atoms with Crippen LogP contribution in [-0.4, -0.2) is 0 Å². The first-order valence-corrected chi connectivity index (χ1v) is 5.50. The van der Waals surface area contributed by atoms with Crippen LogP contribution in [0.25, 0.3) is 0 Å². The van der Waals surface area contributed by atoms with Gasteiger partial charge in [0.15, 0.2) is 0 Å². The second-order valence-corrected chi connectivity index (χ2v) is 3.91. The highest BCUT2D eigenvalue weighted by atomic mass is 35.5. The van der Waals surface area contributed by atoms with Crippen molar-refractivity contribution in [2.24, 2.45) is 0 Å². The van der Waals surface area contributed by atoms with E-state index in [0.717, 1.165) is 0 Å². The van der Waals surface area contributed by atoms with Gasteiger partial charge in [-0.15, -0.1) is 11.6 Å². The van der Waals surface area contributed by atoms with Gasteiger partial charge in [-0.3, -0.25) is 0 Å². The molecule has 18 heavy (non-hydrogen) atoms. The summed E-state index contributed by atoms with van der Waals surface area (Å²) in [5.74, 6) is -0.393. The fourth-order valence-electron chi connectivity index (χ4n) is 1.69. The van der Waals surface area contributed by atoms with Crippen LogP contribution < -0.4 is 0 Å². The lowest BCUT2D eigenvalue weighted by Crippen LogP contribution is -2.15. The molecular weight excluding hydrogens is 282 g/mol. The molecule has 0 radical (unpaired) electrons. The van der Waals surface area contributed by atoms with Crippen molar-refractivity contribution in [3.8, 4) is 0 Å². The first-order chi connectivity index (χ1) is 8.11. The maximum absolute atomic E-state index is 12.7. The predicted molar refractivity (Wildman–Crippen MR) is 55.4 cm³/mol. The van der Waals surface area contributed by atoms with Crippen molar-refractivity contribution in [1.82, 2.24) is 0 Å². The highest BCUT2D eigenvalue weighted by Crippen LogP contribution is 2.39. The zero-order valence-electron chi connectivity index (χ0n) is 9.21. The Morgan fingerprint density at radius 3 is 1.89 bits per heavy atom. The smallest absolute Gasteiger partial charge is 0.166 e. The molecule has 0 bridgehead atoms. The van der Waals surface area contributed by atoms with E-state index >= 15 is 0 Å². The van der Waals surface area contributed by atoms with Crippen molar-refractivity contribution >= 4 is 11.6 Å². The molecule has 0 heterocycles. The van der Waals surface area contributed by atoms with Crippen LogP contribution in [0.1, 0.15) is 29.2 Å². The molecule has 7 heteroatoms. The average Bonchev–Trinajstić information content (AvgIpc) is 2.24. The lowest BCUT2D eigenvalue weighted by molar-refractivity contribution is -0.143. The Kier molecular flexibility index (Phi) is 4.20. The van der Waals surface area contributed by atoms with Crippen molar-refractivity contribution in [1.29, 1.82) is 0 Å². The largest absolute Gasteiger partial charge is 0.416 e. The van der Waals surface area contributed by atoms with Gasteiger partial charge in [-0.25, -0.2) is 0 Å². The minimum atomic E-state index is -4.83. The molecule has 0 atom stereocenters. The highest BCUT2D eigenvalue weighted by molar-refractivity contribution is 6.17. The molecule has 0 amide bonds. The molecule has 0 fully saturated rings. The SMILES string of the molecule is CCc1c(CCl)cc(C(F)(F)F)cc1C(F)(F)F. The third-order valence-electron chi connectivity index (χ3n) is 2.47. The van der Waals surface area contributed by atoms with Crippen LogP contribution in [0.15, 0.2) is 12.1 Å². The molecule has 0 saturated heterocycles. The molecule has 0 nitrogen and oxygen atoms in total. The summed E-state index contributed by atoms with van der Waals surface area (Å²) < 4.78 is 75.6. The maximum Gasteiger partial charge on any atom is 0.416 e. The number of alkyl halides is 7. The molecule has 0 aliphatic carbocycles. The molecule has 102 valence electrons. The third kappa shape index (κ3) is 3.10. The Hall–Kier alpha value is -0.910. The van der Waals surface area contributed by atoms with E-state index in [1.807, 2.05) is 0 Å². The van der Waals surface area contributed by atoms with Gasteiger partial charge in [0, 0.05) is 5.88 Å². The van der Waals surface area contributed by atoms with Gasteiger partial charge in [-0.2, -0.15) is 26.3 Å². The molecule has 1 aromatic carbocycles. The number of hydrogen-bond acceptors (Lipinski definition) is 0. The summed E-state index contributed by atoms with van der Waals surface area (Å²) in [5, 5.41) is 0. The van der Waals surface area contributed by atoms with Gasteiger partial charge in [-0.05, 0) is 29.7 Å². The Balaban J connectivity index is 3.57. The van der Waals surface area contributed by atoms with Crippen LogP contribution >= 0.6 is 11.6 Å². The molecule has 1 rings (SSSR count). The summed E-state index contributed by atoms with van der Waals surface area (Å²) in [4.78, 5) is 0. The minimum absolute atomic E-state index is 0.0327. The monoisotopic (exact) mass is 290 g/mol. The Morgan fingerprint density at radius 2 is 1.56 bits per heavy atom. The van der Waals surface area contributed by atoms with E-state index in [1.54, 1.807) is 0 Å². The summed E-state index contributed by atoms with van der Waals surface area (Å²) in [6, 6.07) is 0.802. The fraction of sp³-hybridized carbons (Fsp3) is 0.455. The van der Waals surface area contributed by atoms with Crippen LogP contribution in [0.5, 0.6) is 0 Å². The molecule has 0 aliphatic heterocycles. The summed E-state index contributed by atoms with van der Waals surface area (Å²) in [5.41, 5.74) is -2.93. The Morgan fingerprint density at radius 1 is 1.00 bits per heavy atom. The van der Waals surface area contributed by atoms with E-state index in [2.05, 4.69) is 0 Å². The lowest BCUT2D eigenvalue weighted by atomic mass is 9.96. The minimum Gasteiger partial charge on any atom is -0.166 e. The van der Waals surface area contributed by atoms with Crippen LogP contribution in [-0.2, 0) is 24.7 Å². The van der Waals surface area contributed by atoms with E-state index in [9.17, 15) is 26.3 Å². The number of halogens is 7. The molecule has 0 saturated carbocycles. The van der Waals surface area contributed by atoms with Gasteiger partial charge >= 0.3 is 12.4 Å². The molecular formula is C11H9ClF6. The van der Waals surface area contributed by atoms with Gasteiger partial charge in [0.05, 0.1) is 11.1 Å². The molecule has 0 N–H and O–H groups in total. The fourth-order valence-corrected chi connectivity index (χ4v) is 1.92. The van der Waals surface area contributed by atoms with E-state index in [-0.39, 0.29) is 23.6 Å². The standard InChI is InChI=1S/C11H9ClF6/c1-2-8-6(5-12)3-7(10(13,14)15)4-9(8)11(16,17)18/h3-4H,2,5H2,1H3. The van der Waals surface area contributed by atoms with E-state index in [1.165, 1.54) is 6.92 Å². The van der Waals surface area contributed by atoms with Gasteiger partial charge in [0.2, 0.25) is 0 Å². The second kappa shape index (κ2) is 4.99. The number of benzene rings is 1. The molecule has 0 unspecified atom stereocenters. The summed E-state index contributed by atoms with van der Waals surface area (Å²) >= 11 is 5.42. The van der Waals surface area contributed by atoms with Crippen molar-refractivity contribution in [2.45, 2.75) is 31.6 Å². The summed E-state index contributed by atoms with van der Waals surface area (Å²) in [7, 11) is 0. The molecule has 1 aromatic rings. The van der Waals surface area contributed by atoms with E-state index in [4.69, 9.17) is 11.6 Å². The number of hydrogen-bond donors (Lipinski definition) is 0. The van der Waals surface area contributed by atoms with Gasteiger partial charge in [0.25, 0.3) is 0 Å². The van der Waals surface area contributed by atoms with Crippen LogP contribution in [0.2, 0.25) is 0 Å². The quantitative estimate of drug-likeness (QED) is 0.529. The van der Waals surface area contributed by atoms with E-state index in [0.29, 0.717) is 6.07 Å². The topological polar surface area (TPSA) is 0 Å². The van der Waals surface area contributed by atoms with Gasteiger partial charge < -0.3 is 0 Å². The zero-order valence-corrected chi connectivity index (χ0v) is 9.97. The molecule has 0 aromatic heterocycles. The van der Waals surface area contributed by atoms with Crippen molar-refractivity contribution < 1.29 is 26.3 Å². The molecule has 0 spiro atoms. The normalized spacial score (nSPS) is 12.9. The van der Waals surface area contributed by atoms with Gasteiger partial charge in [-0.1, -0.05) is 6.92 Å². The summed E-state index contributed by atoms with van der Waals surface area (Å²) in [6.45, 7) is 1.44. The maximum atomic E-state index is 12.7. The van der Waals surface area contributed by atoms with E-state index < -0.39 is 29.4 Å². The van der Waals surface area contributed by atoms with Gasteiger partial charge in [0.1, 0.15) is 0 Å². The van der Waals surface area contributed by atoms with Crippen LogP contribution in [0.4, 0.5) is 26.3 Å². The van der Waals surface area contributed by atoms with Crippen LogP contribution in [0, 0.1) is 0 Å². The molecule has 0 aliphatic rings. The first-order valence-electron chi connectivity index (χ1n) is 4.97. The Bertz CT molecular complexity index is 432. The average molecular weight is 291 g/mol. The second-order valence-electron chi connectivity index (χ2n) is 3.64. The van der Waals surface area contributed by atoms with Crippen molar-refractivity contribution in [3.63, 3.8) is 0 Å². The van der Waals surface area contributed by atoms with Crippen molar-refractivity contribution in [2.75, 3.05) is 0 Å². The van der Waals surface area contributed by atoms with Crippen molar-refractivity contribution in [3.05, 3.63) is 34.4 Å². The lowest BCUT2D eigenvalue weighted by Gasteiger charge is -2.18. The zero-order chi connectivity index (χ0) is 14.1. The predicted octanol–water partition coefficient (Wildman–Crippen LogP) is 5.03. The third-order valence-corrected chi connectivity index (χ3v) is 2.76. The van der Waals surface area contributed by atoms with Crippen LogP contribution in [0.3, 0.4) is 0 Å². The number of rotatable bonds is 2. The summed E-state index contributed by atoms with van der Waals surface area (Å²) in [6.07, 6.45) is -9.68. The first kappa shape index (κ1) is 15.1. The highest BCUT2D eigenvalue weighted by Gasteiger charge is 2.38.